The van der Waals surface area contributed by atoms with E-state index in [0.29, 0.717) is 17.2 Å². The second kappa shape index (κ2) is 7.16. The Morgan fingerprint density at radius 2 is 1.86 bits per heavy atom. The van der Waals surface area contributed by atoms with E-state index >= 15 is 0 Å². The molecule has 118 valence electrons. The van der Waals surface area contributed by atoms with Crippen LogP contribution in [0.5, 0.6) is 11.5 Å². The van der Waals surface area contributed by atoms with Gasteiger partial charge in [0, 0.05) is 11.8 Å². The lowest BCUT2D eigenvalue weighted by Gasteiger charge is -2.15. The Hall–Kier alpha value is -1.96. The van der Waals surface area contributed by atoms with E-state index in [1.807, 2.05) is 0 Å². The molecule has 1 rings (SSSR count). The van der Waals surface area contributed by atoms with Gasteiger partial charge in [0.1, 0.15) is 12.7 Å². The van der Waals surface area contributed by atoms with Gasteiger partial charge >= 0.3 is 6.18 Å². The topological polar surface area (TPSA) is 56.8 Å². The highest BCUT2D eigenvalue weighted by Crippen LogP contribution is 2.29. The van der Waals surface area contributed by atoms with Gasteiger partial charge in [-0.2, -0.15) is 13.2 Å². The molecule has 1 N–H and O–H groups in total. The summed E-state index contributed by atoms with van der Waals surface area (Å²) in [7, 11) is 2.89. The molecule has 0 heterocycles. The average Bonchev–Trinajstić information content (AvgIpc) is 2.43. The quantitative estimate of drug-likeness (QED) is 0.877. The van der Waals surface area contributed by atoms with E-state index in [4.69, 9.17) is 9.47 Å². The molecule has 8 heteroatoms. The van der Waals surface area contributed by atoms with Crippen molar-refractivity contribution < 1.29 is 32.2 Å². The van der Waals surface area contributed by atoms with Crippen molar-refractivity contribution in [1.82, 2.24) is 0 Å². The fourth-order valence-electron chi connectivity index (χ4n) is 1.45. The summed E-state index contributed by atoms with van der Waals surface area (Å²) < 4.78 is 50.5. The van der Waals surface area contributed by atoms with Crippen LogP contribution in [0.2, 0.25) is 0 Å². The minimum Gasteiger partial charge on any atom is -0.493 e. The summed E-state index contributed by atoms with van der Waals surface area (Å²) in [6, 6.07) is 4.60. The van der Waals surface area contributed by atoms with Crippen molar-refractivity contribution in [1.29, 1.82) is 0 Å². The lowest BCUT2D eigenvalue weighted by molar-refractivity contribution is -0.184. The molecule has 0 radical (unpaired) electrons. The number of anilines is 1. The fourth-order valence-corrected chi connectivity index (χ4v) is 1.45. The molecule has 21 heavy (non-hydrogen) atoms. The van der Waals surface area contributed by atoms with Crippen LogP contribution in [0, 0.1) is 0 Å². The number of carbonyl (C=O) groups is 1. The van der Waals surface area contributed by atoms with Crippen molar-refractivity contribution in [2.45, 2.75) is 19.2 Å². The van der Waals surface area contributed by atoms with Crippen LogP contribution < -0.4 is 14.8 Å². The third kappa shape index (κ3) is 5.50. The zero-order valence-corrected chi connectivity index (χ0v) is 11.8. The maximum absolute atomic E-state index is 12.0. The maximum atomic E-state index is 12.0. The SMILES string of the molecule is COc1ccc(NC(=O)C(C)OCC(F)(F)F)cc1OC. The highest BCUT2D eigenvalue weighted by molar-refractivity contribution is 5.94. The van der Waals surface area contributed by atoms with Crippen molar-refractivity contribution in [3.05, 3.63) is 18.2 Å². The molecule has 1 aromatic carbocycles. The van der Waals surface area contributed by atoms with Crippen molar-refractivity contribution in [2.24, 2.45) is 0 Å². The highest BCUT2D eigenvalue weighted by Gasteiger charge is 2.29. The number of hydrogen-bond donors (Lipinski definition) is 1. The van der Waals surface area contributed by atoms with Gasteiger partial charge in [-0.15, -0.1) is 0 Å². The Bertz CT molecular complexity index is 491. The van der Waals surface area contributed by atoms with E-state index in [9.17, 15) is 18.0 Å². The van der Waals surface area contributed by atoms with Crippen LogP contribution in [0.3, 0.4) is 0 Å². The van der Waals surface area contributed by atoms with E-state index in [2.05, 4.69) is 10.1 Å². The molecule has 0 aliphatic carbocycles. The molecule has 0 bridgehead atoms. The maximum Gasteiger partial charge on any atom is 0.411 e. The molecule has 0 aliphatic rings. The normalized spacial score (nSPS) is 12.7. The van der Waals surface area contributed by atoms with E-state index in [1.165, 1.54) is 33.3 Å². The summed E-state index contributed by atoms with van der Waals surface area (Å²) in [6.07, 6.45) is -5.71. The predicted molar refractivity (Wildman–Crippen MR) is 69.6 cm³/mol. The Morgan fingerprint density at radius 3 is 2.38 bits per heavy atom. The molecule has 0 spiro atoms. The Labute approximate surface area is 120 Å². The number of halogens is 3. The van der Waals surface area contributed by atoms with Gasteiger partial charge < -0.3 is 19.5 Å². The summed E-state index contributed by atoms with van der Waals surface area (Å²) in [6.45, 7) is -0.241. The fraction of sp³-hybridized carbons (Fsp3) is 0.462. The average molecular weight is 307 g/mol. The summed E-state index contributed by atoms with van der Waals surface area (Å²) in [5, 5.41) is 2.44. The molecule has 1 amide bonds. The van der Waals surface area contributed by atoms with E-state index < -0.39 is 24.8 Å². The molecule has 0 aromatic heterocycles. The molecule has 1 atom stereocenters. The first-order valence-electron chi connectivity index (χ1n) is 5.98. The smallest absolute Gasteiger partial charge is 0.411 e. The van der Waals surface area contributed by atoms with Crippen LogP contribution in [0.15, 0.2) is 18.2 Å². The highest BCUT2D eigenvalue weighted by atomic mass is 19.4. The number of alkyl halides is 3. The first-order valence-corrected chi connectivity index (χ1v) is 5.98. The molecule has 0 saturated carbocycles. The van der Waals surface area contributed by atoms with Crippen LogP contribution >= 0.6 is 0 Å². The lowest BCUT2D eigenvalue weighted by atomic mass is 10.2. The Morgan fingerprint density at radius 1 is 1.24 bits per heavy atom. The number of methoxy groups -OCH3 is 2. The number of benzene rings is 1. The minimum atomic E-state index is -4.47. The van der Waals surface area contributed by atoms with Crippen LogP contribution in [-0.2, 0) is 9.53 Å². The molecule has 1 unspecified atom stereocenters. The van der Waals surface area contributed by atoms with Gasteiger partial charge in [0.15, 0.2) is 11.5 Å². The van der Waals surface area contributed by atoms with Crippen LogP contribution in [-0.4, -0.2) is 39.0 Å². The van der Waals surface area contributed by atoms with Crippen molar-refractivity contribution in [3.63, 3.8) is 0 Å². The summed E-state index contributed by atoms with van der Waals surface area (Å²) in [5.74, 6) is 0.169. The Kier molecular flexibility index (Phi) is 5.83. The standard InChI is InChI=1S/C13H16F3NO4/c1-8(21-7-13(14,15)16)12(18)17-9-4-5-10(19-2)11(6-9)20-3/h4-6,8H,7H2,1-3H3,(H,17,18). The second-order valence-corrected chi connectivity index (χ2v) is 4.13. The van der Waals surface area contributed by atoms with E-state index in [0.717, 1.165) is 0 Å². The van der Waals surface area contributed by atoms with Crippen molar-refractivity contribution in [2.75, 3.05) is 26.1 Å². The van der Waals surface area contributed by atoms with Crippen LogP contribution in [0.1, 0.15) is 6.92 Å². The molecular weight excluding hydrogens is 291 g/mol. The summed E-state index contributed by atoms with van der Waals surface area (Å²) >= 11 is 0. The Balaban J connectivity index is 2.66. The number of amides is 1. The summed E-state index contributed by atoms with van der Waals surface area (Å²) in [5.41, 5.74) is 0.361. The van der Waals surface area contributed by atoms with Crippen LogP contribution in [0.4, 0.5) is 18.9 Å². The third-order valence-electron chi connectivity index (χ3n) is 2.52. The minimum absolute atomic E-state index is 0.361. The zero-order chi connectivity index (χ0) is 16.0. The van der Waals surface area contributed by atoms with Gasteiger partial charge in [0.2, 0.25) is 0 Å². The van der Waals surface area contributed by atoms with Crippen molar-refractivity contribution >= 4 is 11.6 Å². The predicted octanol–water partition coefficient (Wildman–Crippen LogP) is 2.61. The monoisotopic (exact) mass is 307 g/mol. The van der Waals surface area contributed by atoms with Gasteiger partial charge in [-0.3, -0.25) is 4.79 Å². The third-order valence-corrected chi connectivity index (χ3v) is 2.52. The molecule has 5 nitrogen and oxygen atoms in total. The largest absolute Gasteiger partial charge is 0.493 e. The van der Waals surface area contributed by atoms with E-state index in [1.54, 1.807) is 6.07 Å². The van der Waals surface area contributed by atoms with Crippen molar-refractivity contribution in [3.8, 4) is 11.5 Å². The number of hydrogen-bond acceptors (Lipinski definition) is 4. The molecular formula is C13H16F3NO4. The molecule has 0 fully saturated rings. The second-order valence-electron chi connectivity index (χ2n) is 4.13. The number of carbonyl (C=O) groups excluding carboxylic acids is 1. The van der Waals surface area contributed by atoms with Gasteiger partial charge in [-0.25, -0.2) is 0 Å². The number of ether oxygens (including phenoxy) is 3. The summed E-state index contributed by atoms with van der Waals surface area (Å²) in [4.78, 5) is 11.7. The molecule has 0 aliphatic heterocycles. The van der Waals surface area contributed by atoms with E-state index in [-0.39, 0.29) is 0 Å². The zero-order valence-electron chi connectivity index (χ0n) is 11.8. The molecule has 1 aromatic rings. The van der Waals surface area contributed by atoms with Gasteiger partial charge in [0.25, 0.3) is 5.91 Å². The van der Waals surface area contributed by atoms with Crippen LogP contribution in [0.25, 0.3) is 0 Å². The number of rotatable bonds is 6. The number of nitrogens with one attached hydrogen (secondary N) is 1. The first-order chi connectivity index (χ1) is 9.76. The molecule has 0 saturated heterocycles. The first kappa shape index (κ1) is 17.1. The lowest BCUT2D eigenvalue weighted by Crippen LogP contribution is -2.31. The van der Waals surface area contributed by atoms with Gasteiger partial charge in [-0.05, 0) is 19.1 Å². The van der Waals surface area contributed by atoms with Gasteiger partial charge in [0.05, 0.1) is 14.2 Å². The van der Waals surface area contributed by atoms with Gasteiger partial charge in [-0.1, -0.05) is 0 Å².